The molecule has 0 amide bonds. The SMILES string of the molecule is Cc1cccc(C(c2sc3ncnn3c2O)N2CC(C)OC(C)C2)c1. The van der Waals surface area contributed by atoms with E-state index in [-0.39, 0.29) is 24.1 Å². The van der Waals surface area contributed by atoms with Gasteiger partial charge in [0.05, 0.1) is 23.1 Å². The summed E-state index contributed by atoms with van der Waals surface area (Å²) < 4.78 is 7.42. The predicted octanol–water partition coefficient (Wildman–Crippen LogP) is 3.00. The molecule has 1 aliphatic heterocycles. The first-order valence-electron chi connectivity index (χ1n) is 8.50. The molecule has 6 nitrogen and oxygen atoms in total. The summed E-state index contributed by atoms with van der Waals surface area (Å²) in [7, 11) is 0. The number of benzene rings is 1. The summed E-state index contributed by atoms with van der Waals surface area (Å²) in [5.41, 5.74) is 2.37. The zero-order chi connectivity index (χ0) is 17.6. The number of morpholine rings is 1. The van der Waals surface area contributed by atoms with Crippen molar-refractivity contribution < 1.29 is 9.84 Å². The Morgan fingerprint density at radius 3 is 2.72 bits per heavy atom. The van der Waals surface area contributed by atoms with Gasteiger partial charge < -0.3 is 9.84 Å². The number of fused-ring (bicyclic) bond motifs is 1. The van der Waals surface area contributed by atoms with Crippen molar-refractivity contribution in [2.24, 2.45) is 0 Å². The maximum Gasteiger partial charge on any atom is 0.230 e. The molecule has 0 spiro atoms. The minimum absolute atomic E-state index is 0.0396. The maximum atomic E-state index is 10.8. The van der Waals surface area contributed by atoms with E-state index in [0.717, 1.165) is 18.0 Å². The van der Waals surface area contributed by atoms with E-state index in [2.05, 4.69) is 60.0 Å². The second-order valence-corrected chi connectivity index (χ2v) is 7.78. The average molecular weight is 358 g/mol. The Balaban J connectivity index is 1.83. The molecule has 7 heteroatoms. The van der Waals surface area contributed by atoms with Crippen LogP contribution in [0.25, 0.3) is 4.96 Å². The van der Waals surface area contributed by atoms with Gasteiger partial charge in [0.25, 0.3) is 0 Å². The highest BCUT2D eigenvalue weighted by molar-refractivity contribution is 7.17. The largest absolute Gasteiger partial charge is 0.492 e. The molecule has 2 aromatic heterocycles. The van der Waals surface area contributed by atoms with Crippen molar-refractivity contribution in [3.63, 3.8) is 0 Å². The van der Waals surface area contributed by atoms with Crippen LogP contribution in [0.3, 0.4) is 0 Å². The van der Waals surface area contributed by atoms with Crippen LogP contribution in [0.15, 0.2) is 30.6 Å². The van der Waals surface area contributed by atoms with Gasteiger partial charge in [-0.05, 0) is 26.3 Å². The standard InChI is InChI=1S/C18H22N4O2S/c1-11-5-4-6-14(7-11)15(21-8-12(2)24-13(3)9-21)16-17(23)22-18(25-16)19-10-20-22/h4-7,10,12-13,15,23H,8-9H2,1-3H3. The van der Waals surface area contributed by atoms with Gasteiger partial charge in [-0.15, -0.1) is 0 Å². The highest BCUT2D eigenvalue weighted by atomic mass is 32.1. The fraction of sp³-hybridized carbons (Fsp3) is 0.444. The number of nitrogens with zero attached hydrogens (tertiary/aromatic N) is 4. The second kappa shape index (κ2) is 6.40. The predicted molar refractivity (Wildman–Crippen MR) is 97.1 cm³/mol. The molecule has 0 saturated carbocycles. The summed E-state index contributed by atoms with van der Waals surface area (Å²) in [5, 5.41) is 14.9. The van der Waals surface area contributed by atoms with E-state index >= 15 is 0 Å². The molecule has 1 aromatic carbocycles. The smallest absolute Gasteiger partial charge is 0.230 e. The Hall–Kier alpha value is -1.96. The van der Waals surface area contributed by atoms with E-state index in [4.69, 9.17) is 4.74 Å². The normalized spacial score (nSPS) is 23.2. The lowest BCUT2D eigenvalue weighted by atomic mass is 10.00. The third-order valence-corrected chi connectivity index (χ3v) is 5.64. The van der Waals surface area contributed by atoms with Gasteiger partial charge in [0.15, 0.2) is 0 Å². The van der Waals surface area contributed by atoms with E-state index in [1.165, 1.54) is 33.3 Å². The van der Waals surface area contributed by atoms with Gasteiger partial charge in [0.2, 0.25) is 10.8 Å². The minimum atomic E-state index is -0.0396. The Morgan fingerprint density at radius 1 is 1.28 bits per heavy atom. The van der Waals surface area contributed by atoms with Crippen molar-refractivity contribution in [1.29, 1.82) is 0 Å². The zero-order valence-electron chi connectivity index (χ0n) is 14.6. The molecule has 4 rings (SSSR count). The monoisotopic (exact) mass is 358 g/mol. The van der Waals surface area contributed by atoms with E-state index in [9.17, 15) is 5.11 Å². The first kappa shape index (κ1) is 16.5. The average Bonchev–Trinajstić information content (AvgIpc) is 3.11. The van der Waals surface area contributed by atoms with Gasteiger partial charge in [0, 0.05) is 13.1 Å². The van der Waals surface area contributed by atoms with Crippen molar-refractivity contribution in [3.05, 3.63) is 46.6 Å². The number of thiazole rings is 1. The zero-order valence-corrected chi connectivity index (χ0v) is 15.4. The van der Waals surface area contributed by atoms with E-state index in [0.29, 0.717) is 4.96 Å². The quantitative estimate of drug-likeness (QED) is 0.780. The molecule has 1 N–H and O–H groups in total. The molecule has 132 valence electrons. The van der Waals surface area contributed by atoms with Crippen molar-refractivity contribution in [2.45, 2.75) is 39.0 Å². The van der Waals surface area contributed by atoms with E-state index in [1.54, 1.807) is 0 Å². The number of rotatable bonds is 3. The van der Waals surface area contributed by atoms with Crippen molar-refractivity contribution in [1.82, 2.24) is 19.5 Å². The van der Waals surface area contributed by atoms with Gasteiger partial charge in [-0.2, -0.15) is 9.61 Å². The molecule has 1 saturated heterocycles. The molecule has 3 unspecified atom stereocenters. The first-order chi connectivity index (χ1) is 12.0. The Labute approximate surface area is 150 Å². The number of hydrogen-bond donors (Lipinski definition) is 1. The van der Waals surface area contributed by atoms with Gasteiger partial charge in [-0.1, -0.05) is 41.2 Å². The van der Waals surface area contributed by atoms with Gasteiger partial charge in [0.1, 0.15) is 6.33 Å². The first-order valence-corrected chi connectivity index (χ1v) is 9.32. The van der Waals surface area contributed by atoms with Crippen LogP contribution in [0.2, 0.25) is 0 Å². The van der Waals surface area contributed by atoms with E-state index < -0.39 is 0 Å². The van der Waals surface area contributed by atoms with Crippen molar-refractivity contribution >= 4 is 16.3 Å². The number of aromatic nitrogens is 3. The minimum Gasteiger partial charge on any atom is -0.492 e. The molecular formula is C18H22N4O2S. The lowest BCUT2D eigenvalue weighted by Gasteiger charge is -2.40. The lowest BCUT2D eigenvalue weighted by Crippen LogP contribution is -2.47. The number of ether oxygens (including phenoxy) is 1. The molecule has 1 aliphatic rings. The summed E-state index contributed by atoms with van der Waals surface area (Å²) in [4.78, 5) is 8.21. The van der Waals surface area contributed by atoms with Gasteiger partial charge in [-0.25, -0.2) is 4.98 Å². The third-order valence-electron chi connectivity index (χ3n) is 4.56. The highest BCUT2D eigenvalue weighted by Gasteiger charge is 2.33. The van der Waals surface area contributed by atoms with Crippen LogP contribution in [0.5, 0.6) is 5.88 Å². The van der Waals surface area contributed by atoms with Crippen LogP contribution in [0, 0.1) is 6.92 Å². The summed E-state index contributed by atoms with van der Waals surface area (Å²) in [6.45, 7) is 7.91. The molecule has 0 aliphatic carbocycles. The number of aromatic hydroxyl groups is 1. The van der Waals surface area contributed by atoms with Crippen molar-refractivity contribution in [2.75, 3.05) is 13.1 Å². The van der Waals surface area contributed by atoms with E-state index in [1.807, 2.05) is 0 Å². The Morgan fingerprint density at radius 2 is 2.04 bits per heavy atom. The Bertz CT molecular complexity index is 880. The number of aryl methyl sites for hydroxylation is 1. The maximum absolute atomic E-state index is 10.8. The van der Waals surface area contributed by atoms with Crippen LogP contribution in [0.4, 0.5) is 0 Å². The molecule has 1 fully saturated rings. The molecule has 0 bridgehead atoms. The Kier molecular flexibility index (Phi) is 4.23. The van der Waals surface area contributed by atoms with Gasteiger partial charge >= 0.3 is 0 Å². The van der Waals surface area contributed by atoms with Crippen LogP contribution < -0.4 is 0 Å². The highest BCUT2D eigenvalue weighted by Crippen LogP contribution is 2.40. The fourth-order valence-electron chi connectivity index (χ4n) is 3.67. The van der Waals surface area contributed by atoms with Gasteiger partial charge in [-0.3, -0.25) is 4.90 Å². The topological polar surface area (TPSA) is 62.9 Å². The molecule has 3 aromatic rings. The molecule has 25 heavy (non-hydrogen) atoms. The third kappa shape index (κ3) is 3.03. The summed E-state index contributed by atoms with van der Waals surface area (Å²) in [5.74, 6) is 0.177. The fourth-order valence-corrected chi connectivity index (χ4v) is 4.76. The van der Waals surface area contributed by atoms with Crippen LogP contribution in [-0.2, 0) is 4.74 Å². The molecule has 3 heterocycles. The summed E-state index contributed by atoms with van der Waals surface area (Å²) >= 11 is 1.49. The molecule has 3 atom stereocenters. The summed E-state index contributed by atoms with van der Waals surface area (Å²) in [6.07, 6.45) is 1.77. The molecular weight excluding hydrogens is 336 g/mol. The van der Waals surface area contributed by atoms with Crippen LogP contribution in [-0.4, -0.2) is 49.9 Å². The second-order valence-electron chi connectivity index (χ2n) is 6.77. The van der Waals surface area contributed by atoms with Crippen molar-refractivity contribution in [3.8, 4) is 5.88 Å². The van der Waals surface area contributed by atoms with Crippen LogP contribution >= 0.6 is 11.3 Å². The summed E-state index contributed by atoms with van der Waals surface area (Å²) in [6, 6.07) is 8.43. The number of hydrogen-bond acceptors (Lipinski definition) is 6. The van der Waals surface area contributed by atoms with Crippen LogP contribution in [0.1, 0.15) is 35.9 Å². The lowest BCUT2D eigenvalue weighted by molar-refractivity contribution is -0.0764. The molecule has 0 radical (unpaired) electrons.